The molecule has 1 saturated heterocycles. The predicted octanol–water partition coefficient (Wildman–Crippen LogP) is 0.885. The number of hydrogen-bond acceptors (Lipinski definition) is 6. The molecule has 1 unspecified atom stereocenters. The highest BCUT2D eigenvalue weighted by molar-refractivity contribution is 5.45. The number of anilines is 1. The van der Waals surface area contributed by atoms with E-state index in [2.05, 4.69) is 21.4 Å². The number of pyridine rings is 1. The van der Waals surface area contributed by atoms with Crippen molar-refractivity contribution in [3.8, 4) is 6.07 Å². The third-order valence-electron chi connectivity index (χ3n) is 4.00. The maximum Gasteiger partial charge on any atom is 0.145 e. The Morgan fingerprint density at radius 1 is 1.45 bits per heavy atom. The van der Waals surface area contributed by atoms with E-state index in [1.807, 2.05) is 24.0 Å². The third-order valence-corrected chi connectivity index (χ3v) is 4.00. The summed E-state index contributed by atoms with van der Waals surface area (Å²) in [5.41, 5.74) is 0.426. The number of aromatic nitrogens is 4. The largest absolute Gasteiger partial charge is 0.386 e. The quantitative estimate of drug-likeness (QED) is 0.904. The summed E-state index contributed by atoms with van der Waals surface area (Å²) in [4.78, 5) is 6.42. The van der Waals surface area contributed by atoms with Gasteiger partial charge in [-0.1, -0.05) is 11.3 Å². The van der Waals surface area contributed by atoms with Crippen molar-refractivity contribution in [3.63, 3.8) is 0 Å². The Morgan fingerprint density at radius 3 is 3.05 bits per heavy atom. The topological polar surface area (TPSA) is 90.9 Å². The minimum Gasteiger partial charge on any atom is -0.386 e. The number of nitrogens with zero attached hydrogens (tertiary/aromatic N) is 6. The fraction of sp³-hybridized carbons (Fsp3) is 0.467. The minimum absolute atomic E-state index is 0.403. The van der Waals surface area contributed by atoms with Crippen molar-refractivity contribution in [2.24, 2.45) is 0 Å². The molecule has 7 heteroatoms. The molecule has 1 atom stereocenters. The molecule has 0 saturated carbocycles. The van der Waals surface area contributed by atoms with E-state index in [0.29, 0.717) is 25.2 Å². The first-order chi connectivity index (χ1) is 10.6. The number of rotatable bonds is 3. The van der Waals surface area contributed by atoms with Gasteiger partial charge < -0.3 is 10.0 Å². The SMILES string of the molecule is Cc1ccc(N2CCCC(O)(Cn3ccnn3)C2)nc1C#N. The maximum atomic E-state index is 10.8. The Hall–Kier alpha value is -2.46. The number of β-amino-alcohol motifs (C(OH)–C–C–N with tert-alkyl or cyclic N) is 1. The van der Waals surface area contributed by atoms with Crippen LogP contribution in [0.1, 0.15) is 24.1 Å². The van der Waals surface area contributed by atoms with Gasteiger partial charge >= 0.3 is 0 Å². The highest BCUT2D eigenvalue weighted by atomic mass is 16.3. The van der Waals surface area contributed by atoms with Crippen LogP contribution >= 0.6 is 0 Å². The molecule has 0 spiro atoms. The van der Waals surface area contributed by atoms with Gasteiger partial charge in [0, 0.05) is 19.3 Å². The lowest BCUT2D eigenvalue weighted by Gasteiger charge is -2.39. The molecule has 3 rings (SSSR count). The molecule has 2 aromatic rings. The van der Waals surface area contributed by atoms with E-state index in [1.54, 1.807) is 17.1 Å². The molecule has 7 nitrogen and oxygen atoms in total. The van der Waals surface area contributed by atoms with Crippen LogP contribution in [0.2, 0.25) is 0 Å². The van der Waals surface area contributed by atoms with Crippen LogP contribution in [0.5, 0.6) is 0 Å². The second-order valence-corrected chi connectivity index (χ2v) is 5.80. The van der Waals surface area contributed by atoms with Crippen molar-refractivity contribution in [3.05, 3.63) is 35.8 Å². The van der Waals surface area contributed by atoms with Crippen LogP contribution in [0.4, 0.5) is 5.82 Å². The van der Waals surface area contributed by atoms with Gasteiger partial charge in [-0.3, -0.25) is 0 Å². The second-order valence-electron chi connectivity index (χ2n) is 5.80. The lowest BCUT2D eigenvalue weighted by molar-refractivity contribution is 0.00585. The summed E-state index contributed by atoms with van der Waals surface area (Å²) in [6.45, 7) is 3.56. The van der Waals surface area contributed by atoms with Crippen LogP contribution in [0.3, 0.4) is 0 Å². The van der Waals surface area contributed by atoms with E-state index in [1.165, 1.54) is 0 Å². The van der Waals surface area contributed by atoms with Crippen LogP contribution < -0.4 is 4.90 Å². The predicted molar refractivity (Wildman–Crippen MR) is 80.1 cm³/mol. The fourth-order valence-electron chi connectivity index (χ4n) is 2.86. The van der Waals surface area contributed by atoms with Crippen LogP contribution in [-0.4, -0.2) is 43.8 Å². The smallest absolute Gasteiger partial charge is 0.145 e. The van der Waals surface area contributed by atoms with Gasteiger partial charge in [-0.05, 0) is 31.4 Å². The minimum atomic E-state index is -0.870. The van der Waals surface area contributed by atoms with Crippen molar-refractivity contribution in [1.29, 1.82) is 5.26 Å². The third kappa shape index (κ3) is 2.92. The monoisotopic (exact) mass is 298 g/mol. The highest BCUT2D eigenvalue weighted by Crippen LogP contribution is 2.26. The summed E-state index contributed by atoms with van der Waals surface area (Å²) in [5, 5.41) is 27.6. The molecule has 22 heavy (non-hydrogen) atoms. The number of aryl methyl sites for hydroxylation is 1. The highest BCUT2D eigenvalue weighted by Gasteiger charge is 2.34. The summed E-state index contributed by atoms with van der Waals surface area (Å²) in [6.07, 6.45) is 4.92. The summed E-state index contributed by atoms with van der Waals surface area (Å²) in [6, 6.07) is 5.90. The first-order valence-corrected chi connectivity index (χ1v) is 7.29. The average Bonchev–Trinajstić information content (AvgIpc) is 3.00. The molecule has 0 radical (unpaired) electrons. The van der Waals surface area contributed by atoms with E-state index in [0.717, 1.165) is 24.3 Å². The zero-order valence-electron chi connectivity index (χ0n) is 12.5. The van der Waals surface area contributed by atoms with E-state index >= 15 is 0 Å². The summed E-state index contributed by atoms with van der Waals surface area (Å²) >= 11 is 0. The van der Waals surface area contributed by atoms with Gasteiger partial charge in [0.25, 0.3) is 0 Å². The lowest BCUT2D eigenvalue weighted by Crippen LogP contribution is -2.51. The van der Waals surface area contributed by atoms with E-state index in [-0.39, 0.29) is 0 Å². The van der Waals surface area contributed by atoms with Gasteiger partial charge in [0.1, 0.15) is 23.2 Å². The number of piperidine rings is 1. The second kappa shape index (κ2) is 5.73. The molecule has 0 amide bonds. The summed E-state index contributed by atoms with van der Waals surface area (Å²) in [7, 11) is 0. The molecule has 1 fully saturated rings. The van der Waals surface area contributed by atoms with E-state index in [9.17, 15) is 5.11 Å². The van der Waals surface area contributed by atoms with Crippen molar-refractivity contribution in [2.75, 3.05) is 18.0 Å². The van der Waals surface area contributed by atoms with Crippen molar-refractivity contribution in [2.45, 2.75) is 31.9 Å². The van der Waals surface area contributed by atoms with Crippen LogP contribution in [0.25, 0.3) is 0 Å². The van der Waals surface area contributed by atoms with Crippen molar-refractivity contribution in [1.82, 2.24) is 20.0 Å². The lowest BCUT2D eigenvalue weighted by atomic mass is 9.92. The fourth-order valence-corrected chi connectivity index (χ4v) is 2.86. The Bertz CT molecular complexity index is 693. The van der Waals surface area contributed by atoms with Gasteiger partial charge in [0.05, 0.1) is 12.7 Å². The van der Waals surface area contributed by atoms with Gasteiger partial charge in [0.15, 0.2) is 0 Å². The van der Waals surface area contributed by atoms with Crippen LogP contribution in [0.15, 0.2) is 24.5 Å². The summed E-state index contributed by atoms with van der Waals surface area (Å²) in [5.74, 6) is 0.735. The molecular formula is C15H18N6O. The van der Waals surface area contributed by atoms with Gasteiger partial charge in [-0.25, -0.2) is 9.67 Å². The molecule has 3 heterocycles. The van der Waals surface area contributed by atoms with Crippen LogP contribution in [0, 0.1) is 18.3 Å². The van der Waals surface area contributed by atoms with Gasteiger partial charge in [0.2, 0.25) is 0 Å². The zero-order valence-corrected chi connectivity index (χ0v) is 12.5. The normalized spacial score (nSPS) is 21.6. The van der Waals surface area contributed by atoms with Crippen molar-refractivity contribution < 1.29 is 5.11 Å². The van der Waals surface area contributed by atoms with E-state index < -0.39 is 5.60 Å². The van der Waals surface area contributed by atoms with Gasteiger partial charge in [-0.2, -0.15) is 5.26 Å². The number of nitriles is 1. The number of aliphatic hydroxyl groups is 1. The van der Waals surface area contributed by atoms with E-state index in [4.69, 9.17) is 5.26 Å². The molecule has 1 aliphatic rings. The molecule has 1 N–H and O–H groups in total. The molecule has 114 valence electrons. The first-order valence-electron chi connectivity index (χ1n) is 7.29. The average molecular weight is 298 g/mol. The molecule has 1 aliphatic heterocycles. The molecular weight excluding hydrogens is 280 g/mol. The Labute approximate surface area is 128 Å². The number of hydrogen-bond donors (Lipinski definition) is 1. The zero-order chi connectivity index (χ0) is 15.6. The Morgan fingerprint density at radius 2 is 2.32 bits per heavy atom. The molecule has 2 aromatic heterocycles. The first kappa shape index (κ1) is 14.5. The van der Waals surface area contributed by atoms with Gasteiger partial charge in [-0.15, -0.1) is 5.10 Å². The Balaban J connectivity index is 1.79. The van der Waals surface area contributed by atoms with Crippen LogP contribution in [-0.2, 0) is 6.54 Å². The summed E-state index contributed by atoms with van der Waals surface area (Å²) < 4.78 is 1.65. The molecule has 0 bridgehead atoms. The standard InChI is InChI=1S/C15H18N6O/c1-12-3-4-14(18-13(12)9-16)20-7-2-5-15(22,10-20)11-21-8-6-17-19-21/h3-4,6,8,22H,2,5,7,10-11H2,1H3. The van der Waals surface area contributed by atoms with Crippen molar-refractivity contribution >= 4 is 5.82 Å². The Kier molecular flexibility index (Phi) is 3.77. The molecule has 0 aromatic carbocycles. The molecule has 0 aliphatic carbocycles. The maximum absolute atomic E-state index is 10.8.